The summed E-state index contributed by atoms with van der Waals surface area (Å²) in [5, 5.41) is 7.10. The highest BCUT2D eigenvalue weighted by molar-refractivity contribution is 5.94. The lowest BCUT2D eigenvalue weighted by Gasteiger charge is -2.08. The van der Waals surface area contributed by atoms with Gasteiger partial charge in [0.1, 0.15) is 0 Å². The maximum absolute atomic E-state index is 11.9. The average molecular weight is 305 g/mol. The van der Waals surface area contributed by atoms with E-state index in [1.54, 1.807) is 6.20 Å². The van der Waals surface area contributed by atoms with E-state index in [2.05, 4.69) is 25.6 Å². The number of carbonyl (C=O) groups is 1. The van der Waals surface area contributed by atoms with Crippen molar-refractivity contribution in [2.75, 3.05) is 5.32 Å². The number of hydrogen-bond donors (Lipinski definition) is 2. The summed E-state index contributed by atoms with van der Waals surface area (Å²) in [5.74, 6) is 0.317. The van der Waals surface area contributed by atoms with E-state index in [4.69, 9.17) is 0 Å². The summed E-state index contributed by atoms with van der Waals surface area (Å²) in [7, 11) is 0. The first kappa shape index (κ1) is 13.6. The van der Waals surface area contributed by atoms with Crippen LogP contribution < -0.4 is 10.6 Å². The number of carbonyl (C=O) groups excluding carboxylic acids is 1. The van der Waals surface area contributed by atoms with Crippen LogP contribution in [0.3, 0.4) is 0 Å². The van der Waals surface area contributed by atoms with Crippen molar-refractivity contribution in [2.45, 2.75) is 18.9 Å². The zero-order valence-electron chi connectivity index (χ0n) is 12.4. The van der Waals surface area contributed by atoms with Gasteiger partial charge in [0.25, 0.3) is 5.91 Å². The van der Waals surface area contributed by atoms with Gasteiger partial charge in [0.2, 0.25) is 5.95 Å². The van der Waals surface area contributed by atoms with E-state index < -0.39 is 0 Å². The Labute approximate surface area is 133 Å². The Morgan fingerprint density at radius 3 is 2.61 bits per heavy atom. The molecular weight excluding hydrogens is 290 g/mol. The van der Waals surface area contributed by atoms with Crippen molar-refractivity contribution >= 4 is 28.4 Å². The van der Waals surface area contributed by atoms with Crippen molar-refractivity contribution < 1.29 is 4.79 Å². The zero-order chi connectivity index (χ0) is 15.6. The van der Waals surface area contributed by atoms with Crippen LogP contribution in [0.25, 0.3) is 10.9 Å². The maximum Gasteiger partial charge on any atom is 0.254 e. The lowest BCUT2D eigenvalue weighted by atomic mass is 10.2. The molecule has 2 N–H and O–H groups in total. The summed E-state index contributed by atoms with van der Waals surface area (Å²) in [6.07, 6.45) is 6.93. The fourth-order valence-corrected chi connectivity index (χ4v) is 2.33. The molecule has 1 amide bonds. The van der Waals surface area contributed by atoms with Crippen molar-refractivity contribution in [1.29, 1.82) is 0 Å². The van der Waals surface area contributed by atoms with E-state index in [9.17, 15) is 4.79 Å². The first-order valence-corrected chi connectivity index (χ1v) is 7.53. The molecule has 1 aliphatic rings. The Balaban J connectivity index is 1.55. The molecule has 1 saturated carbocycles. The summed E-state index contributed by atoms with van der Waals surface area (Å²) in [6.45, 7) is 0. The van der Waals surface area contributed by atoms with Crippen LogP contribution in [-0.4, -0.2) is 26.9 Å². The van der Waals surface area contributed by atoms with Gasteiger partial charge in [0.15, 0.2) is 0 Å². The van der Waals surface area contributed by atoms with E-state index in [0.29, 0.717) is 17.6 Å². The molecule has 4 rings (SSSR count). The van der Waals surface area contributed by atoms with Gasteiger partial charge in [-0.1, -0.05) is 18.2 Å². The highest BCUT2D eigenvalue weighted by Crippen LogP contribution is 2.23. The molecule has 3 aromatic rings. The Bertz CT molecular complexity index is 853. The van der Waals surface area contributed by atoms with Crippen molar-refractivity contribution in [3.05, 3.63) is 54.5 Å². The SMILES string of the molecule is O=C(NC1CC1)c1cnc(Nc2cccc3cccnc23)nc1. The van der Waals surface area contributed by atoms with Gasteiger partial charge in [0, 0.05) is 30.0 Å². The predicted molar refractivity (Wildman–Crippen MR) is 87.5 cm³/mol. The molecule has 6 nitrogen and oxygen atoms in total. The van der Waals surface area contributed by atoms with Gasteiger partial charge in [-0.3, -0.25) is 9.78 Å². The van der Waals surface area contributed by atoms with E-state index in [1.165, 1.54) is 12.4 Å². The number of amides is 1. The van der Waals surface area contributed by atoms with E-state index in [0.717, 1.165) is 29.4 Å². The summed E-state index contributed by atoms with van der Waals surface area (Å²) in [6, 6.07) is 10.1. The van der Waals surface area contributed by atoms with Gasteiger partial charge < -0.3 is 10.6 Å². The summed E-state index contributed by atoms with van der Waals surface area (Å²) < 4.78 is 0. The predicted octanol–water partition coefficient (Wildman–Crippen LogP) is 2.66. The molecule has 6 heteroatoms. The van der Waals surface area contributed by atoms with Gasteiger partial charge in [-0.2, -0.15) is 0 Å². The van der Waals surface area contributed by atoms with Crippen LogP contribution in [-0.2, 0) is 0 Å². The fourth-order valence-electron chi connectivity index (χ4n) is 2.33. The molecule has 0 radical (unpaired) electrons. The third-order valence-electron chi connectivity index (χ3n) is 3.71. The lowest BCUT2D eigenvalue weighted by Crippen LogP contribution is -2.25. The van der Waals surface area contributed by atoms with E-state index >= 15 is 0 Å². The van der Waals surface area contributed by atoms with Gasteiger partial charge in [0.05, 0.1) is 16.8 Å². The average Bonchev–Trinajstić information content (AvgIpc) is 3.40. The number of aromatic nitrogens is 3. The standard InChI is InChI=1S/C17H15N5O/c23-16(21-13-6-7-13)12-9-19-17(20-10-12)22-14-5-1-3-11-4-2-8-18-15(11)14/h1-5,8-10,13H,6-7H2,(H,21,23)(H,19,20,22). The first-order valence-electron chi connectivity index (χ1n) is 7.53. The smallest absolute Gasteiger partial charge is 0.254 e. The third kappa shape index (κ3) is 2.96. The molecule has 0 bridgehead atoms. The largest absolute Gasteiger partial charge is 0.349 e. The molecule has 23 heavy (non-hydrogen) atoms. The molecule has 0 unspecified atom stereocenters. The second kappa shape index (κ2) is 5.64. The fraction of sp³-hybridized carbons (Fsp3) is 0.176. The van der Waals surface area contributed by atoms with Crippen LogP contribution in [0, 0.1) is 0 Å². The molecule has 1 fully saturated rings. The molecule has 1 aliphatic carbocycles. The third-order valence-corrected chi connectivity index (χ3v) is 3.71. The number of pyridine rings is 1. The van der Waals surface area contributed by atoms with E-state index in [-0.39, 0.29) is 5.91 Å². The molecule has 2 heterocycles. The van der Waals surface area contributed by atoms with Crippen LogP contribution in [0.2, 0.25) is 0 Å². The minimum absolute atomic E-state index is 0.120. The quantitative estimate of drug-likeness (QED) is 0.774. The van der Waals surface area contributed by atoms with E-state index in [1.807, 2.05) is 30.3 Å². The number of nitrogens with zero attached hydrogens (tertiary/aromatic N) is 3. The normalized spacial score (nSPS) is 13.7. The molecule has 0 spiro atoms. The van der Waals surface area contributed by atoms with Gasteiger partial charge in [-0.05, 0) is 25.0 Å². The Morgan fingerprint density at radius 1 is 1.04 bits per heavy atom. The Hall–Kier alpha value is -3.02. The number of hydrogen-bond acceptors (Lipinski definition) is 5. The molecule has 2 aromatic heterocycles. The van der Waals surface area contributed by atoms with Crippen LogP contribution in [0.15, 0.2) is 48.9 Å². The Kier molecular flexibility index (Phi) is 3.34. The Morgan fingerprint density at radius 2 is 1.83 bits per heavy atom. The molecule has 1 aromatic carbocycles. The summed E-state index contributed by atoms with van der Waals surface area (Å²) in [5.41, 5.74) is 2.16. The monoisotopic (exact) mass is 305 g/mol. The second-order valence-corrected chi connectivity index (χ2v) is 5.55. The van der Waals surface area contributed by atoms with Gasteiger partial charge in [-0.25, -0.2) is 9.97 Å². The number of nitrogens with one attached hydrogen (secondary N) is 2. The molecule has 0 atom stereocenters. The van der Waals surface area contributed by atoms with Gasteiger partial charge in [-0.15, -0.1) is 0 Å². The minimum atomic E-state index is -0.120. The first-order chi connectivity index (χ1) is 11.3. The molecule has 0 saturated heterocycles. The lowest BCUT2D eigenvalue weighted by molar-refractivity contribution is 0.0950. The highest BCUT2D eigenvalue weighted by atomic mass is 16.1. The number of para-hydroxylation sites is 1. The molecule has 114 valence electrons. The number of rotatable bonds is 4. The van der Waals surface area contributed by atoms with Crippen LogP contribution in [0.4, 0.5) is 11.6 Å². The van der Waals surface area contributed by atoms with Crippen LogP contribution in [0.1, 0.15) is 23.2 Å². The minimum Gasteiger partial charge on any atom is -0.349 e. The summed E-state index contributed by atoms with van der Waals surface area (Å²) in [4.78, 5) is 24.7. The number of fused-ring (bicyclic) bond motifs is 1. The second-order valence-electron chi connectivity index (χ2n) is 5.55. The maximum atomic E-state index is 11.9. The summed E-state index contributed by atoms with van der Waals surface area (Å²) >= 11 is 0. The number of anilines is 2. The zero-order valence-corrected chi connectivity index (χ0v) is 12.4. The van der Waals surface area contributed by atoms with Gasteiger partial charge >= 0.3 is 0 Å². The van der Waals surface area contributed by atoms with Crippen molar-refractivity contribution in [3.8, 4) is 0 Å². The molecule has 0 aliphatic heterocycles. The topological polar surface area (TPSA) is 79.8 Å². The van der Waals surface area contributed by atoms with Crippen molar-refractivity contribution in [1.82, 2.24) is 20.3 Å². The highest BCUT2D eigenvalue weighted by Gasteiger charge is 2.24. The van der Waals surface area contributed by atoms with Crippen LogP contribution >= 0.6 is 0 Å². The molecular formula is C17H15N5O. The van der Waals surface area contributed by atoms with Crippen LogP contribution in [0.5, 0.6) is 0 Å². The van der Waals surface area contributed by atoms with Crippen molar-refractivity contribution in [2.24, 2.45) is 0 Å². The number of benzene rings is 1. The van der Waals surface area contributed by atoms with Crippen molar-refractivity contribution in [3.63, 3.8) is 0 Å².